The summed E-state index contributed by atoms with van der Waals surface area (Å²) in [5, 5.41) is 4.59. The molecule has 0 radical (unpaired) electrons. The van der Waals surface area contributed by atoms with E-state index in [4.69, 9.17) is 16.6 Å². The first-order valence-electron chi connectivity index (χ1n) is 7.84. The molecule has 0 atom stereocenters. The maximum absolute atomic E-state index is 12.6. The van der Waals surface area contributed by atoms with Crippen LogP contribution in [0.3, 0.4) is 0 Å². The van der Waals surface area contributed by atoms with Crippen LogP contribution in [-0.2, 0) is 6.42 Å². The van der Waals surface area contributed by atoms with Crippen LogP contribution in [0.1, 0.15) is 11.1 Å². The van der Waals surface area contributed by atoms with Gasteiger partial charge in [-0.05, 0) is 54.8 Å². The van der Waals surface area contributed by atoms with Crippen molar-refractivity contribution in [2.45, 2.75) is 13.3 Å². The number of nitrogens with one attached hydrogen (secondary N) is 1. The van der Waals surface area contributed by atoms with Gasteiger partial charge in [-0.15, -0.1) is 0 Å². The summed E-state index contributed by atoms with van der Waals surface area (Å²) in [6.45, 7) is 2.67. The SMILES string of the molecule is Cc1ccc2cc3c(nc2c1)N(C(=O)Nc1cccc(Cl)c1)CC3. The largest absolute Gasteiger partial charge is 0.327 e. The monoisotopic (exact) mass is 337 g/mol. The summed E-state index contributed by atoms with van der Waals surface area (Å²) >= 11 is 5.97. The molecular formula is C19H16ClN3O. The first-order valence-corrected chi connectivity index (χ1v) is 8.22. The van der Waals surface area contributed by atoms with Crippen molar-refractivity contribution in [3.8, 4) is 0 Å². The van der Waals surface area contributed by atoms with E-state index in [0.717, 1.165) is 34.3 Å². The molecule has 1 aromatic heterocycles. The van der Waals surface area contributed by atoms with Gasteiger partial charge in [0.05, 0.1) is 5.52 Å². The average Bonchev–Trinajstić information content (AvgIpc) is 2.95. The predicted molar refractivity (Wildman–Crippen MR) is 98.0 cm³/mol. The molecule has 120 valence electrons. The Kier molecular flexibility index (Phi) is 3.62. The standard InChI is InChI=1S/C19H16ClN3O/c1-12-5-6-13-10-14-7-8-23(18(14)22-17(13)9-12)19(24)21-16-4-2-3-15(20)11-16/h2-6,9-11H,7-8H2,1H3,(H,21,24). The van der Waals surface area contributed by atoms with Crippen molar-refractivity contribution in [1.82, 2.24) is 4.98 Å². The second-order valence-electron chi connectivity index (χ2n) is 6.01. The maximum atomic E-state index is 12.6. The van der Waals surface area contributed by atoms with E-state index < -0.39 is 0 Å². The normalized spacial score (nSPS) is 13.2. The van der Waals surface area contributed by atoms with Crippen molar-refractivity contribution in [3.63, 3.8) is 0 Å². The van der Waals surface area contributed by atoms with E-state index in [0.29, 0.717) is 17.3 Å². The molecule has 0 aliphatic carbocycles. The van der Waals surface area contributed by atoms with Crippen LogP contribution < -0.4 is 10.2 Å². The number of aryl methyl sites for hydroxylation is 1. The Balaban J connectivity index is 1.66. The Bertz CT molecular complexity index is 954. The molecule has 3 aromatic rings. The molecule has 2 amide bonds. The highest BCUT2D eigenvalue weighted by molar-refractivity contribution is 6.30. The minimum Gasteiger partial charge on any atom is -0.307 e. The summed E-state index contributed by atoms with van der Waals surface area (Å²) in [6.07, 6.45) is 0.815. The van der Waals surface area contributed by atoms with Gasteiger partial charge in [0, 0.05) is 22.6 Å². The number of amides is 2. The lowest BCUT2D eigenvalue weighted by Crippen LogP contribution is -2.33. The number of carbonyl (C=O) groups is 1. The van der Waals surface area contributed by atoms with Gasteiger partial charge in [0.2, 0.25) is 0 Å². The molecule has 0 unspecified atom stereocenters. The number of aromatic nitrogens is 1. The molecule has 5 heteroatoms. The van der Waals surface area contributed by atoms with E-state index in [9.17, 15) is 4.79 Å². The fourth-order valence-electron chi connectivity index (χ4n) is 3.02. The zero-order valence-corrected chi connectivity index (χ0v) is 14.0. The van der Waals surface area contributed by atoms with Crippen LogP contribution in [-0.4, -0.2) is 17.6 Å². The summed E-state index contributed by atoms with van der Waals surface area (Å²) in [7, 11) is 0. The van der Waals surface area contributed by atoms with Gasteiger partial charge in [-0.25, -0.2) is 9.78 Å². The Morgan fingerprint density at radius 1 is 1.21 bits per heavy atom. The van der Waals surface area contributed by atoms with E-state index in [-0.39, 0.29) is 6.03 Å². The van der Waals surface area contributed by atoms with Gasteiger partial charge in [0.15, 0.2) is 0 Å². The Morgan fingerprint density at radius 3 is 2.92 bits per heavy atom. The molecule has 24 heavy (non-hydrogen) atoms. The maximum Gasteiger partial charge on any atom is 0.327 e. The van der Waals surface area contributed by atoms with Crippen molar-refractivity contribution in [2.75, 3.05) is 16.8 Å². The van der Waals surface area contributed by atoms with E-state index in [1.807, 2.05) is 25.1 Å². The molecule has 1 aliphatic rings. The third kappa shape index (κ3) is 2.69. The van der Waals surface area contributed by atoms with Gasteiger partial charge < -0.3 is 5.32 Å². The summed E-state index contributed by atoms with van der Waals surface area (Å²) in [5.41, 5.74) is 3.85. The number of fused-ring (bicyclic) bond motifs is 2. The Hall–Kier alpha value is -2.59. The van der Waals surface area contributed by atoms with Gasteiger partial charge in [0.25, 0.3) is 0 Å². The third-order valence-corrected chi connectivity index (χ3v) is 4.45. The molecule has 2 heterocycles. The molecule has 1 N–H and O–H groups in total. The predicted octanol–water partition coefficient (Wildman–Crippen LogP) is 4.79. The van der Waals surface area contributed by atoms with Crippen LogP contribution >= 0.6 is 11.6 Å². The minimum atomic E-state index is -0.185. The van der Waals surface area contributed by atoms with E-state index in [1.165, 1.54) is 0 Å². The highest BCUT2D eigenvalue weighted by Crippen LogP contribution is 2.30. The quantitative estimate of drug-likeness (QED) is 0.693. The van der Waals surface area contributed by atoms with Crippen molar-refractivity contribution in [3.05, 3.63) is 64.7 Å². The second-order valence-corrected chi connectivity index (χ2v) is 6.45. The van der Waals surface area contributed by atoms with Crippen LogP contribution in [0.15, 0.2) is 48.5 Å². The van der Waals surface area contributed by atoms with Crippen molar-refractivity contribution in [1.29, 1.82) is 0 Å². The summed E-state index contributed by atoms with van der Waals surface area (Å²) in [5.74, 6) is 0.743. The lowest BCUT2D eigenvalue weighted by molar-refractivity contribution is 0.257. The van der Waals surface area contributed by atoms with Crippen LogP contribution in [0.4, 0.5) is 16.3 Å². The number of anilines is 2. The number of benzene rings is 2. The molecule has 4 nitrogen and oxygen atoms in total. The smallest absolute Gasteiger partial charge is 0.307 e. The van der Waals surface area contributed by atoms with E-state index >= 15 is 0 Å². The van der Waals surface area contributed by atoms with Crippen LogP contribution in [0.2, 0.25) is 5.02 Å². The lowest BCUT2D eigenvalue weighted by Gasteiger charge is -2.17. The number of hydrogen-bond donors (Lipinski definition) is 1. The Labute approximate surface area is 145 Å². The summed E-state index contributed by atoms with van der Waals surface area (Å²) in [6, 6.07) is 15.3. The number of nitrogens with zero attached hydrogens (tertiary/aromatic N) is 2. The molecular weight excluding hydrogens is 322 g/mol. The molecule has 0 fully saturated rings. The molecule has 0 spiro atoms. The first-order chi connectivity index (χ1) is 11.6. The highest BCUT2D eigenvalue weighted by atomic mass is 35.5. The molecule has 0 saturated carbocycles. The third-order valence-electron chi connectivity index (χ3n) is 4.21. The van der Waals surface area contributed by atoms with Crippen LogP contribution in [0.5, 0.6) is 0 Å². The fraction of sp³-hybridized carbons (Fsp3) is 0.158. The van der Waals surface area contributed by atoms with Crippen LogP contribution in [0.25, 0.3) is 10.9 Å². The average molecular weight is 338 g/mol. The van der Waals surface area contributed by atoms with Crippen LogP contribution in [0, 0.1) is 6.92 Å². The van der Waals surface area contributed by atoms with Gasteiger partial charge >= 0.3 is 6.03 Å². The number of halogens is 1. The number of hydrogen-bond acceptors (Lipinski definition) is 2. The highest BCUT2D eigenvalue weighted by Gasteiger charge is 2.26. The van der Waals surface area contributed by atoms with Crippen molar-refractivity contribution >= 4 is 40.0 Å². The van der Waals surface area contributed by atoms with E-state index in [1.54, 1.807) is 17.0 Å². The first kappa shape index (κ1) is 15.0. The van der Waals surface area contributed by atoms with Crippen molar-refractivity contribution < 1.29 is 4.79 Å². The molecule has 1 aliphatic heterocycles. The molecule has 0 bridgehead atoms. The molecule has 2 aromatic carbocycles. The van der Waals surface area contributed by atoms with Crippen molar-refractivity contribution in [2.24, 2.45) is 0 Å². The van der Waals surface area contributed by atoms with Gasteiger partial charge in [-0.3, -0.25) is 4.90 Å². The summed E-state index contributed by atoms with van der Waals surface area (Å²) in [4.78, 5) is 19.0. The summed E-state index contributed by atoms with van der Waals surface area (Å²) < 4.78 is 0. The zero-order chi connectivity index (χ0) is 16.7. The van der Waals surface area contributed by atoms with Gasteiger partial charge in [0.1, 0.15) is 5.82 Å². The second kappa shape index (κ2) is 5.80. The number of pyridine rings is 1. The van der Waals surface area contributed by atoms with E-state index in [2.05, 4.69) is 23.5 Å². The topological polar surface area (TPSA) is 45.2 Å². The fourth-order valence-corrected chi connectivity index (χ4v) is 3.21. The molecule has 4 rings (SSSR count). The number of carbonyl (C=O) groups excluding carboxylic acids is 1. The number of rotatable bonds is 1. The lowest BCUT2D eigenvalue weighted by atomic mass is 10.1. The number of urea groups is 1. The molecule has 0 saturated heterocycles. The van der Waals surface area contributed by atoms with Gasteiger partial charge in [-0.1, -0.05) is 29.8 Å². The Morgan fingerprint density at radius 2 is 2.08 bits per heavy atom. The van der Waals surface area contributed by atoms with Gasteiger partial charge in [-0.2, -0.15) is 0 Å². The minimum absolute atomic E-state index is 0.185. The zero-order valence-electron chi connectivity index (χ0n) is 13.2.